The number of hydrogen-bond acceptors (Lipinski definition) is 5. The van der Waals surface area contributed by atoms with Crippen LogP contribution in [-0.2, 0) is 14.8 Å². The van der Waals surface area contributed by atoms with E-state index in [1.54, 1.807) is 24.3 Å². The Kier molecular flexibility index (Phi) is 6.79. The van der Waals surface area contributed by atoms with Gasteiger partial charge in [0.2, 0.25) is 5.91 Å². The van der Waals surface area contributed by atoms with Gasteiger partial charge < -0.3 is 14.8 Å². The molecule has 0 radical (unpaired) electrons. The molecule has 7 nitrogen and oxygen atoms in total. The molecule has 1 atom stereocenters. The van der Waals surface area contributed by atoms with Crippen molar-refractivity contribution in [1.82, 2.24) is 5.32 Å². The number of benzene rings is 3. The molecule has 178 valence electrons. The molecule has 0 saturated heterocycles. The lowest BCUT2D eigenvalue weighted by Gasteiger charge is -2.27. The van der Waals surface area contributed by atoms with Crippen molar-refractivity contribution in [2.45, 2.75) is 31.7 Å². The number of carbonyl (C=O) groups is 1. The Hall–Kier alpha value is -3.52. The number of fused-ring (bicyclic) bond motifs is 1. The smallest absolute Gasteiger partial charge is 0.264 e. The summed E-state index contributed by atoms with van der Waals surface area (Å²) >= 11 is 0. The SMILES string of the molecule is Cc1ccc(C)c(N(CC(=O)NC(C)c2ccc3c(c2)OCCO3)S(=O)(=O)c2ccccc2)c1. The van der Waals surface area contributed by atoms with Crippen LogP contribution in [0.4, 0.5) is 5.69 Å². The highest BCUT2D eigenvalue weighted by Gasteiger charge is 2.29. The lowest BCUT2D eigenvalue weighted by Crippen LogP contribution is -2.42. The highest BCUT2D eigenvalue weighted by molar-refractivity contribution is 7.92. The maximum absolute atomic E-state index is 13.6. The predicted octanol–water partition coefficient (Wildman–Crippen LogP) is 4.15. The van der Waals surface area contributed by atoms with Crippen molar-refractivity contribution in [2.75, 3.05) is 24.1 Å². The third kappa shape index (κ3) is 5.02. The molecule has 0 aromatic heterocycles. The highest BCUT2D eigenvalue weighted by atomic mass is 32.2. The van der Waals surface area contributed by atoms with Crippen LogP contribution < -0.4 is 19.1 Å². The van der Waals surface area contributed by atoms with E-state index in [-0.39, 0.29) is 17.5 Å². The maximum atomic E-state index is 13.6. The molecule has 1 amide bonds. The Bertz CT molecular complexity index is 1290. The predicted molar refractivity (Wildman–Crippen MR) is 131 cm³/mol. The summed E-state index contributed by atoms with van der Waals surface area (Å²) in [6.45, 7) is 6.19. The number of carbonyl (C=O) groups excluding carboxylic acids is 1. The van der Waals surface area contributed by atoms with Crippen LogP contribution in [0.15, 0.2) is 71.6 Å². The summed E-state index contributed by atoms with van der Waals surface area (Å²) < 4.78 is 39.5. The summed E-state index contributed by atoms with van der Waals surface area (Å²) in [7, 11) is -3.96. The second-order valence-electron chi connectivity index (χ2n) is 8.31. The van der Waals surface area contributed by atoms with E-state index in [1.807, 2.05) is 51.1 Å². The van der Waals surface area contributed by atoms with E-state index in [0.29, 0.717) is 30.4 Å². The fraction of sp³-hybridized carbons (Fsp3) is 0.269. The van der Waals surface area contributed by atoms with Crippen LogP contribution in [0.1, 0.15) is 29.7 Å². The summed E-state index contributed by atoms with van der Waals surface area (Å²) in [5, 5.41) is 2.92. The van der Waals surface area contributed by atoms with Crippen LogP contribution in [0.2, 0.25) is 0 Å². The van der Waals surface area contributed by atoms with Crippen LogP contribution in [-0.4, -0.2) is 34.1 Å². The fourth-order valence-electron chi connectivity index (χ4n) is 3.84. The van der Waals surface area contributed by atoms with Crippen molar-refractivity contribution in [3.63, 3.8) is 0 Å². The Morgan fingerprint density at radius 1 is 0.971 bits per heavy atom. The van der Waals surface area contributed by atoms with E-state index in [4.69, 9.17) is 9.47 Å². The van der Waals surface area contributed by atoms with Crippen LogP contribution in [0, 0.1) is 13.8 Å². The van der Waals surface area contributed by atoms with Crippen LogP contribution in [0.3, 0.4) is 0 Å². The lowest BCUT2D eigenvalue weighted by atomic mass is 10.1. The second kappa shape index (κ2) is 9.77. The van der Waals surface area contributed by atoms with Gasteiger partial charge in [0.25, 0.3) is 10.0 Å². The lowest BCUT2D eigenvalue weighted by molar-refractivity contribution is -0.120. The number of rotatable bonds is 7. The Morgan fingerprint density at radius 2 is 1.68 bits per heavy atom. The Labute approximate surface area is 200 Å². The molecule has 0 saturated carbocycles. The number of sulfonamides is 1. The number of nitrogens with zero attached hydrogens (tertiary/aromatic N) is 1. The minimum absolute atomic E-state index is 0.128. The zero-order valence-corrected chi connectivity index (χ0v) is 20.3. The summed E-state index contributed by atoms with van der Waals surface area (Å²) in [5.41, 5.74) is 2.98. The van der Waals surface area contributed by atoms with Gasteiger partial charge in [-0.1, -0.05) is 36.4 Å². The van der Waals surface area contributed by atoms with Crippen molar-refractivity contribution in [1.29, 1.82) is 0 Å². The number of nitrogens with one attached hydrogen (secondary N) is 1. The molecule has 1 N–H and O–H groups in total. The zero-order chi connectivity index (χ0) is 24.3. The maximum Gasteiger partial charge on any atom is 0.264 e. The molecule has 8 heteroatoms. The third-order valence-corrected chi connectivity index (χ3v) is 7.47. The number of anilines is 1. The standard InChI is InChI=1S/C26H28N2O5S/c1-18-9-10-19(2)23(15-18)28(34(30,31)22-7-5-4-6-8-22)17-26(29)27-20(3)21-11-12-24-25(16-21)33-14-13-32-24/h4-12,15-16,20H,13-14,17H2,1-3H3,(H,27,29). The van der Waals surface area contributed by atoms with Crippen LogP contribution >= 0.6 is 0 Å². The van der Waals surface area contributed by atoms with Gasteiger partial charge in [0, 0.05) is 0 Å². The van der Waals surface area contributed by atoms with Crippen molar-refractivity contribution in [3.8, 4) is 11.5 Å². The first-order chi connectivity index (χ1) is 16.3. The fourth-order valence-corrected chi connectivity index (χ4v) is 5.34. The first-order valence-corrected chi connectivity index (χ1v) is 12.5. The van der Waals surface area contributed by atoms with E-state index < -0.39 is 15.9 Å². The molecule has 1 unspecified atom stereocenters. The van der Waals surface area contributed by atoms with Gasteiger partial charge in [-0.25, -0.2) is 8.42 Å². The van der Waals surface area contributed by atoms with Crippen LogP contribution in [0.25, 0.3) is 0 Å². The van der Waals surface area contributed by atoms with Gasteiger partial charge >= 0.3 is 0 Å². The van der Waals surface area contributed by atoms with Gasteiger partial charge in [-0.15, -0.1) is 0 Å². The largest absolute Gasteiger partial charge is 0.486 e. The monoisotopic (exact) mass is 480 g/mol. The van der Waals surface area contributed by atoms with Gasteiger partial charge in [-0.2, -0.15) is 0 Å². The summed E-state index contributed by atoms with van der Waals surface area (Å²) in [6, 6.07) is 18.9. The Morgan fingerprint density at radius 3 is 2.41 bits per heavy atom. The molecule has 3 aromatic carbocycles. The average molecular weight is 481 g/mol. The van der Waals surface area contributed by atoms with E-state index in [1.165, 1.54) is 16.4 Å². The van der Waals surface area contributed by atoms with E-state index >= 15 is 0 Å². The van der Waals surface area contributed by atoms with E-state index in [0.717, 1.165) is 16.7 Å². The molecule has 1 aliphatic rings. The summed E-state index contributed by atoms with van der Waals surface area (Å²) in [4.78, 5) is 13.2. The number of ether oxygens (including phenoxy) is 2. The molecule has 3 aromatic rings. The molecule has 0 spiro atoms. The van der Waals surface area contributed by atoms with Gasteiger partial charge in [0.05, 0.1) is 16.6 Å². The third-order valence-electron chi connectivity index (χ3n) is 5.70. The topological polar surface area (TPSA) is 84.9 Å². The van der Waals surface area contributed by atoms with E-state index in [9.17, 15) is 13.2 Å². The highest BCUT2D eigenvalue weighted by Crippen LogP contribution is 2.33. The second-order valence-corrected chi connectivity index (χ2v) is 10.2. The summed E-state index contributed by atoms with van der Waals surface area (Å²) in [5.74, 6) is 0.889. The minimum atomic E-state index is -3.96. The molecular weight excluding hydrogens is 452 g/mol. The van der Waals surface area contributed by atoms with Gasteiger partial charge in [-0.3, -0.25) is 9.10 Å². The average Bonchev–Trinajstić information content (AvgIpc) is 2.84. The zero-order valence-electron chi connectivity index (χ0n) is 19.4. The minimum Gasteiger partial charge on any atom is -0.486 e. The number of amides is 1. The van der Waals surface area contributed by atoms with Gasteiger partial charge in [-0.05, 0) is 67.8 Å². The molecule has 34 heavy (non-hydrogen) atoms. The first kappa shape index (κ1) is 23.6. The van der Waals surface area contributed by atoms with Crippen molar-refractivity contribution < 1.29 is 22.7 Å². The van der Waals surface area contributed by atoms with E-state index in [2.05, 4.69) is 5.32 Å². The Balaban J connectivity index is 1.60. The molecule has 1 heterocycles. The molecule has 0 aliphatic carbocycles. The molecule has 1 aliphatic heterocycles. The normalized spacial score (nSPS) is 13.7. The quantitative estimate of drug-likeness (QED) is 0.549. The van der Waals surface area contributed by atoms with Crippen LogP contribution in [0.5, 0.6) is 11.5 Å². The van der Waals surface area contributed by atoms with Gasteiger partial charge in [0.15, 0.2) is 11.5 Å². The van der Waals surface area contributed by atoms with Crippen molar-refractivity contribution in [3.05, 3.63) is 83.4 Å². The molecular formula is C26H28N2O5S. The van der Waals surface area contributed by atoms with Gasteiger partial charge in [0.1, 0.15) is 19.8 Å². The number of hydrogen-bond donors (Lipinski definition) is 1. The van der Waals surface area contributed by atoms with Crippen molar-refractivity contribution >= 4 is 21.6 Å². The first-order valence-electron chi connectivity index (χ1n) is 11.1. The summed E-state index contributed by atoms with van der Waals surface area (Å²) in [6.07, 6.45) is 0. The molecule has 4 rings (SSSR count). The van der Waals surface area contributed by atoms with Crippen molar-refractivity contribution in [2.24, 2.45) is 0 Å². The molecule has 0 fully saturated rings. The molecule has 0 bridgehead atoms. The number of aryl methyl sites for hydroxylation is 2.